The maximum Gasteiger partial charge on any atom is 0.160 e. The molecule has 3 heterocycles. The normalized spacial score (nSPS) is 12.0. The molecular weight excluding hydrogens is 611 g/mol. The quantitative estimate of drug-likeness (QED) is 0.194. The van der Waals surface area contributed by atoms with Gasteiger partial charge < -0.3 is 8.98 Å². The molecule has 0 aliphatic rings. The molecule has 0 amide bonds. The number of hydrogen-bond acceptors (Lipinski definition) is 3. The Morgan fingerprint density at radius 2 is 1.08 bits per heavy atom. The Hall–Kier alpha value is -6.78. The van der Waals surface area contributed by atoms with Crippen LogP contribution in [0.3, 0.4) is 0 Å². The van der Waals surface area contributed by atoms with Crippen LogP contribution in [0.15, 0.2) is 168 Å². The predicted octanol–water partition coefficient (Wildman–Crippen LogP) is 12.3. The monoisotopic (exact) mass is 637 g/mol. The van der Waals surface area contributed by atoms with Crippen molar-refractivity contribution in [1.29, 1.82) is 0 Å². The van der Waals surface area contributed by atoms with Gasteiger partial charge in [0.05, 0.1) is 22.2 Å². The van der Waals surface area contributed by atoms with Crippen LogP contribution < -0.4 is 0 Å². The van der Waals surface area contributed by atoms with Gasteiger partial charge in [0.15, 0.2) is 5.82 Å². The number of rotatable bonds is 3. The highest BCUT2D eigenvalue weighted by Gasteiger charge is 2.20. The van der Waals surface area contributed by atoms with Gasteiger partial charge in [-0.3, -0.25) is 0 Å². The lowest BCUT2D eigenvalue weighted by molar-refractivity contribution is 0.670. The van der Waals surface area contributed by atoms with Gasteiger partial charge in [0.2, 0.25) is 0 Å². The number of benzene rings is 8. The molecule has 11 rings (SSSR count). The van der Waals surface area contributed by atoms with Crippen LogP contribution in [0.2, 0.25) is 0 Å². The largest absolute Gasteiger partial charge is 0.455 e. The van der Waals surface area contributed by atoms with E-state index in [0.29, 0.717) is 5.82 Å². The number of hydrogen-bond donors (Lipinski definition) is 0. The van der Waals surface area contributed by atoms with Gasteiger partial charge in [-0.15, -0.1) is 0 Å². The second-order valence-electron chi connectivity index (χ2n) is 12.9. The number of aromatic nitrogens is 3. The van der Waals surface area contributed by atoms with Gasteiger partial charge in [-0.05, 0) is 64.0 Å². The molecule has 4 nitrogen and oxygen atoms in total. The molecule has 0 atom stereocenters. The van der Waals surface area contributed by atoms with Gasteiger partial charge in [-0.25, -0.2) is 9.97 Å². The zero-order chi connectivity index (χ0) is 32.8. The molecule has 4 heteroatoms. The van der Waals surface area contributed by atoms with Crippen molar-refractivity contribution in [2.75, 3.05) is 0 Å². The molecule has 3 aromatic heterocycles. The summed E-state index contributed by atoms with van der Waals surface area (Å²) in [5, 5.41) is 10.7. The van der Waals surface area contributed by atoms with Crippen LogP contribution in [0.25, 0.3) is 105 Å². The van der Waals surface area contributed by atoms with Crippen molar-refractivity contribution in [2.45, 2.75) is 0 Å². The van der Waals surface area contributed by atoms with E-state index in [1.807, 2.05) is 24.3 Å². The smallest absolute Gasteiger partial charge is 0.160 e. The van der Waals surface area contributed by atoms with Gasteiger partial charge in [0.25, 0.3) is 0 Å². The molecule has 0 aliphatic heterocycles. The average molecular weight is 638 g/mol. The first-order valence-corrected chi connectivity index (χ1v) is 16.9. The molecule has 50 heavy (non-hydrogen) atoms. The van der Waals surface area contributed by atoms with E-state index in [4.69, 9.17) is 14.4 Å². The lowest BCUT2D eigenvalue weighted by Gasteiger charge is -2.12. The Bertz CT molecular complexity index is 3070. The molecule has 0 bridgehead atoms. The van der Waals surface area contributed by atoms with Gasteiger partial charge in [-0.2, -0.15) is 0 Å². The third kappa shape index (κ3) is 3.87. The third-order valence-electron chi connectivity index (χ3n) is 10.2. The highest BCUT2D eigenvalue weighted by atomic mass is 16.3. The van der Waals surface area contributed by atoms with Crippen molar-refractivity contribution in [2.24, 2.45) is 0 Å². The maximum atomic E-state index is 6.48. The third-order valence-corrected chi connectivity index (χ3v) is 10.2. The van der Waals surface area contributed by atoms with E-state index in [1.54, 1.807) is 0 Å². The number of furan rings is 1. The van der Waals surface area contributed by atoms with Crippen molar-refractivity contribution in [3.05, 3.63) is 164 Å². The fourth-order valence-corrected chi connectivity index (χ4v) is 7.95. The minimum atomic E-state index is 0.672. The Balaban J connectivity index is 1.17. The summed E-state index contributed by atoms with van der Waals surface area (Å²) < 4.78 is 8.87. The summed E-state index contributed by atoms with van der Waals surface area (Å²) in [6.07, 6.45) is 0. The minimum Gasteiger partial charge on any atom is -0.455 e. The molecule has 0 radical (unpaired) electrons. The molecule has 11 aromatic rings. The molecule has 8 aromatic carbocycles. The van der Waals surface area contributed by atoms with E-state index >= 15 is 0 Å². The first-order valence-electron chi connectivity index (χ1n) is 16.9. The van der Waals surface area contributed by atoms with Crippen LogP contribution in [0.1, 0.15) is 0 Å². The van der Waals surface area contributed by atoms with Gasteiger partial charge in [-0.1, -0.05) is 121 Å². The van der Waals surface area contributed by atoms with Crippen LogP contribution >= 0.6 is 0 Å². The molecule has 0 saturated carbocycles. The van der Waals surface area contributed by atoms with Gasteiger partial charge >= 0.3 is 0 Å². The molecule has 232 valence electrons. The lowest BCUT2D eigenvalue weighted by atomic mass is 10.00. The van der Waals surface area contributed by atoms with Crippen LogP contribution in [-0.4, -0.2) is 14.5 Å². The van der Waals surface area contributed by atoms with Crippen LogP contribution in [-0.2, 0) is 0 Å². The van der Waals surface area contributed by atoms with E-state index in [0.717, 1.165) is 55.3 Å². The first kappa shape index (κ1) is 27.2. The van der Waals surface area contributed by atoms with E-state index in [2.05, 4.69) is 144 Å². The molecule has 0 aliphatic carbocycles. The van der Waals surface area contributed by atoms with Crippen LogP contribution in [0.5, 0.6) is 0 Å². The summed E-state index contributed by atoms with van der Waals surface area (Å²) >= 11 is 0. The van der Waals surface area contributed by atoms with E-state index in [1.165, 1.54) is 43.4 Å². The van der Waals surface area contributed by atoms with Crippen LogP contribution in [0.4, 0.5) is 0 Å². The fourth-order valence-electron chi connectivity index (χ4n) is 7.95. The molecule has 0 fully saturated rings. The van der Waals surface area contributed by atoms with Crippen LogP contribution in [0, 0.1) is 0 Å². The van der Waals surface area contributed by atoms with Crippen molar-refractivity contribution in [3.63, 3.8) is 0 Å². The van der Waals surface area contributed by atoms with E-state index < -0.39 is 0 Å². The Labute approximate surface area is 286 Å². The number of fused-ring (bicyclic) bond motifs is 11. The Kier molecular flexibility index (Phi) is 5.63. The van der Waals surface area contributed by atoms with Crippen molar-refractivity contribution < 1.29 is 4.42 Å². The highest BCUT2D eigenvalue weighted by molar-refractivity contribution is 6.28. The van der Waals surface area contributed by atoms with Crippen molar-refractivity contribution in [1.82, 2.24) is 14.5 Å². The highest BCUT2D eigenvalue weighted by Crippen LogP contribution is 2.42. The Morgan fingerprint density at radius 1 is 0.460 bits per heavy atom. The summed E-state index contributed by atoms with van der Waals surface area (Å²) in [5.74, 6) is 0.672. The van der Waals surface area contributed by atoms with Crippen molar-refractivity contribution in [3.8, 4) is 28.3 Å². The van der Waals surface area contributed by atoms with E-state index in [9.17, 15) is 0 Å². The molecule has 0 unspecified atom stereocenters. The fraction of sp³-hybridized carbons (Fsp3) is 0. The molecule has 0 saturated heterocycles. The lowest BCUT2D eigenvalue weighted by Crippen LogP contribution is -1.98. The first-order chi connectivity index (χ1) is 24.8. The summed E-state index contributed by atoms with van der Waals surface area (Å²) in [5.41, 5.74) is 8.75. The summed E-state index contributed by atoms with van der Waals surface area (Å²) in [7, 11) is 0. The minimum absolute atomic E-state index is 0.672. The standard InChI is InChI=1S/C46H27N3O/c1-3-15-32-28(11-1)23-25-39-42(32)43-33-16-4-2-12-29(33)24-26-40(43)49(39)31-14-9-13-30(27-31)46-47-38-21-7-5-18-36(38)44(48-46)37-20-10-19-35-34-17-6-8-22-41(34)50-45(35)37/h1-27H. The number of nitrogens with zero attached hydrogens (tertiary/aromatic N) is 3. The zero-order valence-corrected chi connectivity index (χ0v) is 26.8. The zero-order valence-electron chi connectivity index (χ0n) is 26.8. The van der Waals surface area contributed by atoms with Gasteiger partial charge in [0, 0.05) is 43.7 Å². The summed E-state index contributed by atoms with van der Waals surface area (Å²) in [4.78, 5) is 10.4. The molecule has 0 N–H and O–H groups in total. The topological polar surface area (TPSA) is 43.9 Å². The SMILES string of the molecule is c1cc(-c2nc(-c3cccc4c3oc3ccccc34)c3ccccc3n2)cc(-n2c3ccc4ccccc4c3c3c4ccccc4ccc32)c1. The molecular formula is C46H27N3O. The molecule has 0 spiro atoms. The maximum absolute atomic E-state index is 6.48. The van der Waals surface area contributed by atoms with Gasteiger partial charge in [0.1, 0.15) is 11.2 Å². The number of para-hydroxylation sites is 3. The average Bonchev–Trinajstić information content (AvgIpc) is 3.74. The van der Waals surface area contributed by atoms with E-state index in [-0.39, 0.29) is 0 Å². The van der Waals surface area contributed by atoms with Crippen molar-refractivity contribution >= 4 is 76.2 Å². The summed E-state index contributed by atoms with van der Waals surface area (Å²) in [6, 6.07) is 57.8. The summed E-state index contributed by atoms with van der Waals surface area (Å²) in [6.45, 7) is 0. The Morgan fingerprint density at radius 3 is 1.84 bits per heavy atom. The second-order valence-corrected chi connectivity index (χ2v) is 12.9. The predicted molar refractivity (Wildman–Crippen MR) is 207 cm³/mol. The second kappa shape index (κ2) is 10.4.